The van der Waals surface area contributed by atoms with Crippen molar-refractivity contribution in [1.29, 1.82) is 0 Å². The number of rotatable bonds is 13. The van der Waals surface area contributed by atoms with Gasteiger partial charge in [-0.05, 0) is 35.4 Å². The van der Waals surface area contributed by atoms with Gasteiger partial charge in [0, 0.05) is 30.9 Å². The van der Waals surface area contributed by atoms with Crippen LogP contribution >= 0.6 is 21.6 Å². The summed E-state index contributed by atoms with van der Waals surface area (Å²) in [6.07, 6.45) is 4.29. The number of nitro groups is 1. The van der Waals surface area contributed by atoms with Gasteiger partial charge in [0.2, 0.25) is 5.91 Å². The highest BCUT2D eigenvalue weighted by Crippen LogP contribution is 2.34. The van der Waals surface area contributed by atoms with Gasteiger partial charge in [-0.3, -0.25) is 19.5 Å². The molecule has 3 atom stereocenters. The second-order valence-electron chi connectivity index (χ2n) is 9.05. The van der Waals surface area contributed by atoms with Crippen molar-refractivity contribution in [2.75, 3.05) is 17.7 Å². The number of hydrogen-bond acceptors (Lipinski definition) is 12. The number of pyridine rings is 1. The molecule has 0 spiro atoms. The Balaban J connectivity index is 1.18. The molecular weight excluding hydrogens is 570 g/mol. The number of para-hydroxylation sites is 1. The van der Waals surface area contributed by atoms with E-state index in [1.165, 1.54) is 12.4 Å². The summed E-state index contributed by atoms with van der Waals surface area (Å²) in [4.78, 5) is 40.7. The Hall–Kier alpha value is -3.63. The van der Waals surface area contributed by atoms with E-state index in [1.807, 2.05) is 18.2 Å². The van der Waals surface area contributed by atoms with Crippen LogP contribution in [0.4, 0.5) is 11.5 Å². The fourth-order valence-corrected chi connectivity index (χ4v) is 6.32. The molecule has 13 nitrogen and oxygen atoms in total. The number of aromatic nitrogens is 5. The number of carbonyl (C=O) groups is 1. The number of fused-ring (bicyclic) bond motifs is 1. The molecule has 4 aromatic rings. The highest BCUT2D eigenvalue weighted by molar-refractivity contribution is 8.76. The van der Waals surface area contributed by atoms with Crippen molar-refractivity contribution in [3.63, 3.8) is 0 Å². The Morgan fingerprint density at radius 2 is 2.05 bits per heavy atom. The fourth-order valence-electron chi connectivity index (χ4n) is 4.36. The molecule has 1 aliphatic heterocycles. The zero-order valence-electron chi connectivity index (χ0n) is 21.7. The predicted octanol–water partition coefficient (Wildman–Crippen LogP) is 4.15. The summed E-state index contributed by atoms with van der Waals surface area (Å²) in [6, 6.07) is 12.1. The minimum absolute atomic E-state index is 0.00222. The number of nitrogens with one attached hydrogen (secondary N) is 1. The van der Waals surface area contributed by atoms with E-state index < -0.39 is 23.4 Å². The number of nitro benzene ring substituents is 1. The molecule has 0 bridgehead atoms. The number of aliphatic hydroxyl groups is 1. The zero-order chi connectivity index (χ0) is 28.6. The number of benzene rings is 1. The van der Waals surface area contributed by atoms with E-state index in [1.54, 1.807) is 56.9 Å². The molecule has 0 radical (unpaired) electrons. The first-order valence-electron chi connectivity index (χ1n) is 12.8. The lowest BCUT2D eigenvalue weighted by Crippen LogP contribution is -2.27. The Kier molecular flexibility index (Phi) is 9.74. The summed E-state index contributed by atoms with van der Waals surface area (Å²) in [5.74, 6) is 0.910. The maximum Gasteiger partial charge on any atom is 0.274 e. The molecule has 1 amide bonds. The average Bonchev–Trinajstić information content (AvgIpc) is 3.61. The number of imidazole rings is 1. The van der Waals surface area contributed by atoms with Gasteiger partial charge in [0.05, 0.1) is 36.1 Å². The van der Waals surface area contributed by atoms with E-state index in [0.717, 1.165) is 10.8 Å². The van der Waals surface area contributed by atoms with Gasteiger partial charge in [0.25, 0.3) is 5.69 Å². The van der Waals surface area contributed by atoms with Gasteiger partial charge in [-0.25, -0.2) is 19.9 Å². The minimum Gasteiger partial charge on any atom is -0.394 e. The molecule has 1 aliphatic rings. The maximum absolute atomic E-state index is 12.6. The molecule has 15 heteroatoms. The van der Waals surface area contributed by atoms with Crippen LogP contribution in [0, 0.1) is 10.1 Å². The summed E-state index contributed by atoms with van der Waals surface area (Å²) in [5, 5.41) is 25.0. The first-order chi connectivity index (χ1) is 20.0. The lowest BCUT2D eigenvalue weighted by atomic mass is 10.1. The summed E-state index contributed by atoms with van der Waals surface area (Å²) in [6.45, 7) is -0.294. The molecule has 5 rings (SSSR count). The van der Waals surface area contributed by atoms with Crippen molar-refractivity contribution in [3.05, 3.63) is 77.0 Å². The molecule has 214 valence electrons. The predicted molar refractivity (Wildman–Crippen MR) is 153 cm³/mol. The second kappa shape index (κ2) is 13.8. The Bertz CT molecular complexity index is 1490. The van der Waals surface area contributed by atoms with Crippen LogP contribution < -0.4 is 5.32 Å². The third-order valence-electron chi connectivity index (χ3n) is 6.34. The van der Waals surface area contributed by atoms with Crippen LogP contribution in [0.1, 0.15) is 31.1 Å². The largest absolute Gasteiger partial charge is 0.394 e. The van der Waals surface area contributed by atoms with Crippen molar-refractivity contribution in [1.82, 2.24) is 24.5 Å². The number of hydrogen-bond donors (Lipinski definition) is 2. The molecule has 1 fully saturated rings. The van der Waals surface area contributed by atoms with Gasteiger partial charge in [-0.1, -0.05) is 29.0 Å². The first kappa shape index (κ1) is 28.9. The summed E-state index contributed by atoms with van der Waals surface area (Å²) >= 11 is 0. The molecular formula is C26H27N7O6S2. The van der Waals surface area contributed by atoms with Crippen LogP contribution in [0.15, 0.2) is 66.3 Å². The summed E-state index contributed by atoms with van der Waals surface area (Å²) in [7, 11) is 3.22. The molecule has 3 aromatic heterocycles. The van der Waals surface area contributed by atoms with Gasteiger partial charge in [0.15, 0.2) is 17.0 Å². The molecule has 0 saturated carbocycles. The van der Waals surface area contributed by atoms with Crippen LogP contribution in [-0.2, 0) is 20.9 Å². The lowest BCUT2D eigenvalue weighted by Gasteiger charge is -2.16. The third-order valence-corrected chi connectivity index (χ3v) is 8.69. The molecule has 2 N–H and O–H groups in total. The van der Waals surface area contributed by atoms with E-state index in [2.05, 4.69) is 25.3 Å². The van der Waals surface area contributed by atoms with E-state index in [9.17, 15) is 20.0 Å². The Labute approximate surface area is 242 Å². The smallest absolute Gasteiger partial charge is 0.274 e. The van der Waals surface area contributed by atoms with Gasteiger partial charge < -0.3 is 19.9 Å². The van der Waals surface area contributed by atoms with Crippen molar-refractivity contribution in [2.24, 2.45) is 0 Å². The second-order valence-corrected chi connectivity index (χ2v) is 11.5. The van der Waals surface area contributed by atoms with E-state index in [0.29, 0.717) is 41.8 Å². The molecule has 0 aliphatic carbocycles. The lowest BCUT2D eigenvalue weighted by molar-refractivity contribution is -0.386. The maximum atomic E-state index is 12.6. The average molecular weight is 598 g/mol. The monoisotopic (exact) mass is 597 g/mol. The van der Waals surface area contributed by atoms with Crippen molar-refractivity contribution < 1.29 is 24.3 Å². The number of ether oxygens (including phenoxy) is 2. The van der Waals surface area contributed by atoms with E-state index in [-0.39, 0.29) is 24.8 Å². The van der Waals surface area contributed by atoms with Crippen LogP contribution in [0.3, 0.4) is 0 Å². The van der Waals surface area contributed by atoms with Crippen LogP contribution in [-0.4, -0.2) is 65.0 Å². The van der Waals surface area contributed by atoms with Crippen LogP contribution in [0.25, 0.3) is 11.2 Å². The number of nitrogens with zero attached hydrogens (tertiary/aromatic N) is 6. The minimum atomic E-state index is -0.644. The number of carbonyl (C=O) groups excluding carboxylic acids is 1. The summed E-state index contributed by atoms with van der Waals surface area (Å²) in [5.41, 5.74) is 1.27. The molecule has 1 aromatic carbocycles. The van der Waals surface area contributed by atoms with Gasteiger partial charge in [-0.2, -0.15) is 0 Å². The van der Waals surface area contributed by atoms with E-state index in [4.69, 9.17) is 9.47 Å². The molecule has 1 saturated heterocycles. The highest BCUT2D eigenvalue weighted by atomic mass is 33.1. The number of amides is 1. The standard InChI is InChI=1S/C26H27N7O6S2/c34-13-20-19(38-14-17-6-1-2-7-18(17)33(36)37)12-23(39-20)32-16-30-24-25(28-15-29-26(24)32)31-21(35)8-5-11-40-41-22-9-3-4-10-27-22/h1-4,6-7,9-10,15-16,19-20,23,34H,5,8,11-14H2,(H,28,29,31,35)/t19-,20?,23-/m1/s1. The topological polar surface area (TPSA) is 167 Å². The normalized spacial score (nSPS) is 18.5. The fraction of sp³-hybridized carbons (Fsp3) is 0.346. The van der Waals surface area contributed by atoms with Crippen molar-refractivity contribution >= 4 is 50.2 Å². The Morgan fingerprint density at radius 1 is 1.20 bits per heavy atom. The van der Waals surface area contributed by atoms with Crippen LogP contribution in [0.5, 0.6) is 0 Å². The molecule has 41 heavy (non-hydrogen) atoms. The van der Waals surface area contributed by atoms with Crippen LogP contribution in [0.2, 0.25) is 0 Å². The summed E-state index contributed by atoms with van der Waals surface area (Å²) < 4.78 is 13.7. The van der Waals surface area contributed by atoms with Gasteiger partial charge in [-0.15, -0.1) is 0 Å². The number of anilines is 1. The SMILES string of the molecule is O=C(CCCSSc1ccccn1)Nc1ncnc2c1ncn2[C@H]1C[C@@H](OCc2ccccc2[N+](=O)[O-])C(CO)O1. The number of aliphatic hydroxyl groups excluding tert-OH is 1. The van der Waals surface area contributed by atoms with Crippen molar-refractivity contribution in [3.8, 4) is 0 Å². The van der Waals surface area contributed by atoms with Gasteiger partial charge in [0.1, 0.15) is 23.7 Å². The first-order valence-corrected chi connectivity index (χ1v) is 15.1. The third kappa shape index (κ3) is 7.18. The molecule has 4 heterocycles. The van der Waals surface area contributed by atoms with Crippen molar-refractivity contribution in [2.45, 2.75) is 49.3 Å². The van der Waals surface area contributed by atoms with E-state index >= 15 is 0 Å². The Morgan fingerprint density at radius 3 is 2.85 bits per heavy atom. The quantitative estimate of drug-likeness (QED) is 0.0979. The molecule has 1 unspecified atom stereocenters. The highest BCUT2D eigenvalue weighted by Gasteiger charge is 2.38. The zero-order valence-corrected chi connectivity index (χ0v) is 23.4. The van der Waals surface area contributed by atoms with Gasteiger partial charge >= 0.3 is 0 Å².